The van der Waals surface area contributed by atoms with Crippen LogP contribution in [0.25, 0.3) is 11.1 Å². The van der Waals surface area contributed by atoms with Crippen molar-refractivity contribution in [3.05, 3.63) is 76.0 Å². The Hall–Kier alpha value is -3.59. The molecule has 160 valence electrons. The molecule has 31 heavy (non-hydrogen) atoms. The molecule has 8 nitrogen and oxygen atoms in total. The predicted molar refractivity (Wildman–Crippen MR) is 110 cm³/mol. The number of aromatic nitrogens is 3. The van der Waals surface area contributed by atoms with E-state index in [0.29, 0.717) is 12.2 Å². The van der Waals surface area contributed by atoms with Crippen molar-refractivity contribution >= 4 is 5.91 Å². The maximum Gasteiger partial charge on any atom is 0.296 e. The summed E-state index contributed by atoms with van der Waals surface area (Å²) in [6, 6.07) is 10.1. The van der Waals surface area contributed by atoms with Gasteiger partial charge in [-0.2, -0.15) is 4.39 Å². The highest BCUT2D eigenvalue weighted by Crippen LogP contribution is 2.27. The summed E-state index contributed by atoms with van der Waals surface area (Å²) in [5.74, 6) is -1.69. The van der Waals surface area contributed by atoms with Gasteiger partial charge in [-0.15, -0.1) is 0 Å². The molecule has 3 heterocycles. The van der Waals surface area contributed by atoms with E-state index in [1.165, 1.54) is 16.8 Å². The van der Waals surface area contributed by atoms with Crippen molar-refractivity contribution < 1.29 is 19.0 Å². The molecule has 1 aromatic carbocycles. The Morgan fingerprint density at radius 1 is 1.29 bits per heavy atom. The number of fused-ring (bicyclic) bond motifs is 1. The number of hydrogen-bond acceptors (Lipinski definition) is 6. The lowest BCUT2D eigenvalue weighted by Gasteiger charge is -2.32. The molecule has 0 unspecified atom stereocenters. The van der Waals surface area contributed by atoms with Crippen molar-refractivity contribution in [1.29, 1.82) is 0 Å². The first-order chi connectivity index (χ1) is 14.8. The van der Waals surface area contributed by atoms with E-state index in [0.717, 1.165) is 11.1 Å². The van der Waals surface area contributed by atoms with Crippen LogP contribution in [0.15, 0.2) is 47.4 Å². The Morgan fingerprint density at radius 2 is 2.06 bits per heavy atom. The summed E-state index contributed by atoms with van der Waals surface area (Å²) >= 11 is 0. The van der Waals surface area contributed by atoms with Crippen LogP contribution in [0.2, 0.25) is 0 Å². The predicted octanol–water partition coefficient (Wildman–Crippen LogP) is 2.35. The molecule has 1 aliphatic heterocycles. The lowest BCUT2D eigenvalue weighted by Crippen LogP contribution is -2.42. The lowest BCUT2D eigenvalue weighted by atomic mass is 10.0. The standard InChI is InChI=1S/C22H21FN4O4/c1-22(2)21-26-17(18(28)20(30)27(21)9-10-31-22)19(29)25-12-13-5-3-4-6-15(13)14-7-8-16(23)24-11-14/h3-8,11,28H,9-10,12H2,1-2H3,(H,25,29). The molecule has 0 fully saturated rings. The number of rotatable bonds is 4. The van der Waals surface area contributed by atoms with Gasteiger partial charge >= 0.3 is 0 Å². The van der Waals surface area contributed by atoms with Gasteiger partial charge in [0.2, 0.25) is 11.7 Å². The van der Waals surface area contributed by atoms with E-state index in [9.17, 15) is 19.1 Å². The average Bonchev–Trinajstić information content (AvgIpc) is 2.75. The van der Waals surface area contributed by atoms with E-state index in [2.05, 4.69) is 15.3 Å². The van der Waals surface area contributed by atoms with Crippen LogP contribution in [0.5, 0.6) is 5.75 Å². The lowest BCUT2D eigenvalue weighted by molar-refractivity contribution is -0.0566. The summed E-state index contributed by atoms with van der Waals surface area (Å²) in [6.07, 6.45) is 1.41. The minimum absolute atomic E-state index is 0.103. The molecule has 0 saturated heterocycles. The van der Waals surface area contributed by atoms with Gasteiger partial charge in [0.15, 0.2) is 5.69 Å². The first kappa shape index (κ1) is 20.7. The van der Waals surface area contributed by atoms with Crippen molar-refractivity contribution in [1.82, 2.24) is 19.9 Å². The molecule has 9 heteroatoms. The number of pyridine rings is 1. The molecule has 0 spiro atoms. The fraction of sp³-hybridized carbons (Fsp3) is 0.273. The molecule has 1 amide bonds. The molecule has 0 aliphatic carbocycles. The smallest absolute Gasteiger partial charge is 0.296 e. The topological polar surface area (TPSA) is 106 Å². The molecular weight excluding hydrogens is 403 g/mol. The van der Waals surface area contributed by atoms with Gasteiger partial charge in [0, 0.05) is 18.3 Å². The number of aromatic hydroxyl groups is 1. The molecular formula is C22H21FN4O4. The number of carbonyl (C=O) groups is 1. The Balaban J connectivity index is 1.62. The minimum atomic E-state index is -0.873. The van der Waals surface area contributed by atoms with Crippen LogP contribution >= 0.6 is 0 Å². The highest BCUT2D eigenvalue weighted by molar-refractivity contribution is 5.94. The maximum atomic E-state index is 13.2. The van der Waals surface area contributed by atoms with Crippen LogP contribution in [-0.4, -0.2) is 32.2 Å². The van der Waals surface area contributed by atoms with Gasteiger partial charge < -0.3 is 15.2 Å². The summed E-state index contributed by atoms with van der Waals surface area (Å²) in [5, 5.41) is 13.0. The third-order valence-electron chi connectivity index (χ3n) is 5.17. The van der Waals surface area contributed by atoms with Crippen molar-refractivity contribution in [2.45, 2.75) is 32.5 Å². The fourth-order valence-electron chi connectivity index (χ4n) is 3.58. The first-order valence-corrected chi connectivity index (χ1v) is 9.74. The molecule has 3 aromatic rings. The number of hydrogen-bond donors (Lipinski definition) is 2. The van der Waals surface area contributed by atoms with Crippen molar-refractivity contribution in [2.24, 2.45) is 0 Å². The Morgan fingerprint density at radius 3 is 2.81 bits per heavy atom. The molecule has 0 atom stereocenters. The van der Waals surface area contributed by atoms with Crippen LogP contribution in [0.1, 0.15) is 35.7 Å². The summed E-state index contributed by atoms with van der Waals surface area (Å²) in [5.41, 5.74) is 0.315. The van der Waals surface area contributed by atoms with Gasteiger partial charge in [0.05, 0.1) is 13.2 Å². The van der Waals surface area contributed by atoms with Gasteiger partial charge in [-0.25, -0.2) is 9.97 Å². The number of benzene rings is 1. The molecule has 1 aliphatic rings. The number of amides is 1. The molecule has 2 aromatic heterocycles. The van der Waals surface area contributed by atoms with Crippen molar-refractivity contribution in [2.75, 3.05) is 6.61 Å². The Bertz CT molecular complexity index is 1210. The third-order valence-corrected chi connectivity index (χ3v) is 5.17. The Labute approximate surface area is 177 Å². The summed E-state index contributed by atoms with van der Waals surface area (Å²) in [7, 11) is 0. The number of carbonyl (C=O) groups excluding carboxylic acids is 1. The number of halogens is 1. The molecule has 0 radical (unpaired) electrons. The summed E-state index contributed by atoms with van der Waals surface area (Å²) in [6.45, 7) is 4.15. The highest BCUT2D eigenvalue weighted by Gasteiger charge is 2.34. The van der Waals surface area contributed by atoms with E-state index in [1.807, 2.05) is 24.3 Å². The largest absolute Gasteiger partial charge is 0.501 e. The average molecular weight is 424 g/mol. The van der Waals surface area contributed by atoms with Gasteiger partial charge in [-0.1, -0.05) is 24.3 Å². The first-order valence-electron chi connectivity index (χ1n) is 9.74. The number of ether oxygens (including phenoxy) is 1. The van der Waals surface area contributed by atoms with E-state index in [4.69, 9.17) is 4.74 Å². The fourth-order valence-corrected chi connectivity index (χ4v) is 3.58. The minimum Gasteiger partial charge on any atom is -0.501 e. The van der Waals surface area contributed by atoms with Crippen LogP contribution < -0.4 is 10.9 Å². The monoisotopic (exact) mass is 424 g/mol. The highest BCUT2D eigenvalue weighted by atomic mass is 19.1. The molecule has 4 rings (SSSR count). The molecule has 0 bridgehead atoms. The van der Waals surface area contributed by atoms with Crippen LogP contribution in [0.4, 0.5) is 4.39 Å². The maximum absolute atomic E-state index is 13.2. The summed E-state index contributed by atoms with van der Waals surface area (Å²) in [4.78, 5) is 33.3. The number of nitrogens with zero attached hydrogens (tertiary/aromatic N) is 3. The SMILES string of the molecule is CC1(C)OCCn2c1nc(C(=O)NCc1ccccc1-c1ccc(F)nc1)c(O)c2=O. The van der Waals surface area contributed by atoms with Crippen molar-refractivity contribution in [3.63, 3.8) is 0 Å². The zero-order valence-electron chi connectivity index (χ0n) is 17.1. The van der Waals surface area contributed by atoms with E-state index >= 15 is 0 Å². The van der Waals surface area contributed by atoms with Crippen LogP contribution in [0, 0.1) is 5.95 Å². The van der Waals surface area contributed by atoms with Crippen LogP contribution in [0.3, 0.4) is 0 Å². The Kier molecular flexibility index (Phi) is 5.28. The van der Waals surface area contributed by atoms with E-state index in [1.54, 1.807) is 19.9 Å². The normalized spacial score (nSPS) is 14.7. The van der Waals surface area contributed by atoms with Gasteiger partial charge in [-0.05, 0) is 37.1 Å². The second-order valence-electron chi connectivity index (χ2n) is 7.66. The zero-order chi connectivity index (χ0) is 22.2. The van der Waals surface area contributed by atoms with Gasteiger partial charge in [0.25, 0.3) is 11.5 Å². The summed E-state index contributed by atoms with van der Waals surface area (Å²) < 4.78 is 20.1. The van der Waals surface area contributed by atoms with Crippen LogP contribution in [-0.2, 0) is 23.4 Å². The van der Waals surface area contributed by atoms with Crippen molar-refractivity contribution in [3.8, 4) is 16.9 Å². The van der Waals surface area contributed by atoms with Gasteiger partial charge in [-0.3, -0.25) is 14.2 Å². The van der Waals surface area contributed by atoms with E-state index < -0.39 is 28.8 Å². The quantitative estimate of drug-likeness (QED) is 0.623. The molecule has 2 N–H and O–H groups in total. The van der Waals surface area contributed by atoms with E-state index in [-0.39, 0.29) is 24.6 Å². The van der Waals surface area contributed by atoms with Gasteiger partial charge in [0.1, 0.15) is 11.4 Å². The second kappa shape index (κ2) is 7.92. The zero-order valence-corrected chi connectivity index (χ0v) is 17.1. The third kappa shape index (κ3) is 3.91. The second-order valence-corrected chi connectivity index (χ2v) is 7.66. The molecule has 0 saturated carbocycles. The number of nitrogens with one attached hydrogen (secondary N) is 1.